The standard InChI is InChI=1S/C30H48O/c1-19(2)20-11-14-27(5)17-18-29(7)22-9-10-23-26(3,4)24(31)13-15-28(23,6)21(22)12-16-30(29,8)25(20)27/h12,19-20,22-23,25H,9-11,13-18H2,1-8H3/t20-,22+,23-,25?,27-,28+,29-,30+/m0/s1. The molecule has 1 nitrogen and oxygen atoms in total. The Bertz CT molecular complexity index is 818. The Kier molecular flexibility index (Phi) is 4.66. The molecular formula is C30H48O. The SMILES string of the molecule is CC(C)[C@@H]1CC[C@@]2(C)CC[C@@]3(C)[C@@H]4CC[C@H]5C(C)(C)C(=O)CC[C@]5(C)C4=CC[C@]3(C)C12. The van der Waals surface area contributed by atoms with Crippen LogP contribution in [0.1, 0.15) is 113 Å². The van der Waals surface area contributed by atoms with Crippen molar-refractivity contribution >= 4 is 5.78 Å². The van der Waals surface area contributed by atoms with Crippen LogP contribution in [0.2, 0.25) is 0 Å². The number of hydrogen-bond donors (Lipinski definition) is 0. The van der Waals surface area contributed by atoms with E-state index in [1.807, 2.05) is 0 Å². The van der Waals surface area contributed by atoms with Crippen LogP contribution in [0.4, 0.5) is 0 Å². The summed E-state index contributed by atoms with van der Waals surface area (Å²) in [7, 11) is 0. The van der Waals surface area contributed by atoms with Crippen molar-refractivity contribution < 1.29 is 4.79 Å². The number of fused-ring (bicyclic) bond motifs is 7. The lowest BCUT2D eigenvalue weighted by Crippen LogP contribution is -2.62. The molecule has 0 aromatic rings. The molecule has 0 radical (unpaired) electrons. The first-order chi connectivity index (χ1) is 14.3. The van der Waals surface area contributed by atoms with Crippen molar-refractivity contribution in [1.29, 1.82) is 0 Å². The van der Waals surface area contributed by atoms with Gasteiger partial charge in [0.15, 0.2) is 0 Å². The lowest BCUT2D eigenvalue weighted by molar-refractivity contribution is -0.164. The summed E-state index contributed by atoms with van der Waals surface area (Å²) in [5, 5.41) is 0. The molecule has 1 heteroatoms. The van der Waals surface area contributed by atoms with Crippen LogP contribution in [0, 0.1) is 56.7 Å². The summed E-state index contributed by atoms with van der Waals surface area (Å²) in [5.41, 5.74) is 3.25. The summed E-state index contributed by atoms with van der Waals surface area (Å²) in [5.74, 6) is 4.33. The second-order valence-electron chi connectivity index (χ2n) is 14.5. The monoisotopic (exact) mass is 424 g/mol. The summed E-state index contributed by atoms with van der Waals surface area (Å²) in [6.45, 7) is 20.1. The molecule has 0 heterocycles. The first-order valence-corrected chi connectivity index (χ1v) is 13.6. The van der Waals surface area contributed by atoms with Gasteiger partial charge in [-0.25, -0.2) is 0 Å². The zero-order valence-electron chi connectivity index (χ0n) is 21.7. The Morgan fingerprint density at radius 3 is 2.26 bits per heavy atom. The molecule has 4 fully saturated rings. The van der Waals surface area contributed by atoms with E-state index >= 15 is 0 Å². The van der Waals surface area contributed by atoms with Crippen molar-refractivity contribution in [1.82, 2.24) is 0 Å². The third-order valence-electron chi connectivity index (χ3n) is 12.8. The molecule has 31 heavy (non-hydrogen) atoms. The van der Waals surface area contributed by atoms with Gasteiger partial charge in [0.25, 0.3) is 0 Å². The van der Waals surface area contributed by atoms with Crippen LogP contribution < -0.4 is 0 Å². The lowest BCUT2D eigenvalue weighted by Gasteiger charge is -2.69. The van der Waals surface area contributed by atoms with Gasteiger partial charge in [0.2, 0.25) is 0 Å². The third-order valence-corrected chi connectivity index (χ3v) is 12.8. The Balaban J connectivity index is 1.60. The van der Waals surface area contributed by atoms with Crippen LogP contribution in [0.25, 0.3) is 0 Å². The summed E-state index contributed by atoms with van der Waals surface area (Å²) in [6.07, 6.45) is 14.2. The summed E-state index contributed by atoms with van der Waals surface area (Å²) in [6, 6.07) is 0. The minimum Gasteiger partial charge on any atom is -0.299 e. The van der Waals surface area contributed by atoms with Gasteiger partial charge in [-0.3, -0.25) is 4.79 Å². The maximum absolute atomic E-state index is 12.9. The fraction of sp³-hybridized carbons (Fsp3) is 0.900. The highest BCUT2D eigenvalue weighted by Crippen LogP contribution is 2.76. The molecule has 4 saturated carbocycles. The molecule has 0 bridgehead atoms. The van der Waals surface area contributed by atoms with Gasteiger partial charge in [0, 0.05) is 11.8 Å². The molecule has 5 aliphatic rings. The predicted octanol–water partition coefficient (Wildman–Crippen LogP) is 8.23. The average Bonchev–Trinajstić information content (AvgIpc) is 3.06. The van der Waals surface area contributed by atoms with Gasteiger partial charge in [-0.15, -0.1) is 0 Å². The van der Waals surface area contributed by atoms with E-state index in [1.165, 1.54) is 44.9 Å². The van der Waals surface area contributed by atoms with Crippen molar-refractivity contribution in [3.63, 3.8) is 0 Å². The number of hydrogen-bond acceptors (Lipinski definition) is 1. The van der Waals surface area contributed by atoms with Gasteiger partial charge >= 0.3 is 0 Å². The molecule has 1 unspecified atom stereocenters. The molecule has 0 aromatic carbocycles. The lowest BCUT2D eigenvalue weighted by atomic mass is 9.35. The third kappa shape index (κ3) is 2.59. The largest absolute Gasteiger partial charge is 0.299 e. The second kappa shape index (κ2) is 6.50. The molecule has 0 spiro atoms. The highest BCUT2D eigenvalue weighted by atomic mass is 16.1. The fourth-order valence-electron chi connectivity index (χ4n) is 10.8. The molecular weight excluding hydrogens is 376 g/mol. The summed E-state index contributed by atoms with van der Waals surface area (Å²) in [4.78, 5) is 12.9. The van der Waals surface area contributed by atoms with Crippen LogP contribution in [-0.2, 0) is 4.79 Å². The summed E-state index contributed by atoms with van der Waals surface area (Å²) < 4.78 is 0. The van der Waals surface area contributed by atoms with E-state index in [2.05, 4.69) is 61.5 Å². The predicted molar refractivity (Wildman–Crippen MR) is 130 cm³/mol. The van der Waals surface area contributed by atoms with Gasteiger partial charge in [-0.05, 0) is 103 Å². The Labute approximate surface area is 192 Å². The van der Waals surface area contributed by atoms with Crippen LogP contribution in [0.5, 0.6) is 0 Å². The number of rotatable bonds is 1. The molecule has 0 aliphatic heterocycles. The van der Waals surface area contributed by atoms with Crippen molar-refractivity contribution in [2.45, 2.75) is 113 Å². The van der Waals surface area contributed by atoms with Crippen molar-refractivity contribution in [3.05, 3.63) is 11.6 Å². The Morgan fingerprint density at radius 2 is 1.58 bits per heavy atom. The van der Waals surface area contributed by atoms with Crippen LogP contribution >= 0.6 is 0 Å². The van der Waals surface area contributed by atoms with E-state index in [0.717, 1.165) is 36.5 Å². The van der Waals surface area contributed by atoms with Gasteiger partial charge < -0.3 is 0 Å². The minimum absolute atomic E-state index is 0.153. The zero-order chi connectivity index (χ0) is 22.6. The number of carbonyl (C=O) groups is 1. The topological polar surface area (TPSA) is 17.1 Å². The first kappa shape index (κ1) is 22.2. The van der Waals surface area contributed by atoms with Crippen LogP contribution in [0.15, 0.2) is 11.6 Å². The first-order valence-electron chi connectivity index (χ1n) is 13.6. The van der Waals surface area contributed by atoms with Gasteiger partial charge in [-0.2, -0.15) is 0 Å². The molecule has 174 valence electrons. The van der Waals surface area contributed by atoms with Crippen molar-refractivity contribution in [2.75, 3.05) is 0 Å². The Morgan fingerprint density at radius 1 is 0.871 bits per heavy atom. The minimum atomic E-state index is -0.153. The normalized spacial score (nSPS) is 53.3. The van der Waals surface area contributed by atoms with E-state index in [-0.39, 0.29) is 10.8 Å². The van der Waals surface area contributed by atoms with Crippen LogP contribution in [0.3, 0.4) is 0 Å². The number of allylic oxidation sites excluding steroid dienone is 2. The van der Waals surface area contributed by atoms with Gasteiger partial charge in [0.1, 0.15) is 5.78 Å². The quantitative estimate of drug-likeness (QED) is 0.387. The zero-order valence-corrected chi connectivity index (χ0v) is 21.7. The van der Waals surface area contributed by atoms with Gasteiger partial charge in [-0.1, -0.05) is 67.0 Å². The van der Waals surface area contributed by atoms with Gasteiger partial charge in [0.05, 0.1) is 0 Å². The van der Waals surface area contributed by atoms with Crippen LogP contribution in [-0.4, -0.2) is 5.78 Å². The fourth-order valence-corrected chi connectivity index (χ4v) is 10.8. The molecule has 5 aliphatic carbocycles. The molecule has 5 rings (SSSR count). The molecule has 0 amide bonds. The molecule has 0 N–H and O–H groups in total. The Hall–Kier alpha value is -0.590. The van der Waals surface area contributed by atoms with E-state index in [9.17, 15) is 4.79 Å². The molecule has 0 aromatic heterocycles. The van der Waals surface area contributed by atoms with Crippen molar-refractivity contribution in [3.8, 4) is 0 Å². The van der Waals surface area contributed by atoms with E-state index < -0.39 is 0 Å². The van der Waals surface area contributed by atoms with E-state index in [1.54, 1.807) is 5.57 Å². The van der Waals surface area contributed by atoms with Crippen molar-refractivity contribution in [2.24, 2.45) is 56.7 Å². The van der Waals surface area contributed by atoms with E-state index in [4.69, 9.17) is 0 Å². The molecule has 8 atom stereocenters. The number of ketones is 1. The molecule has 0 saturated heterocycles. The highest BCUT2D eigenvalue weighted by molar-refractivity contribution is 5.85. The summed E-state index contributed by atoms with van der Waals surface area (Å²) >= 11 is 0. The number of carbonyl (C=O) groups excluding carboxylic acids is 1. The highest BCUT2D eigenvalue weighted by Gasteiger charge is 2.68. The van der Waals surface area contributed by atoms with E-state index in [0.29, 0.717) is 27.9 Å². The number of Topliss-reactive ketones (excluding diaryl/α,β-unsaturated/α-hetero) is 1. The second-order valence-corrected chi connectivity index (χ2v) is 14.5. The average molecular weight is 425 g/mol. The smallest absolute Gasteiger partial charge is 0.138 e. The maximum Gasteiger partial charge on any atom is 0.138 e. The maximum atomic E-state index is 12.9.